The second-order valence-electron chi connectivity index (χ2n) is 4.71. The molecule has 0 saturated heterocycles. The van der Waals surface area contributed by atoms with Gasteiger partial charge in [-0.1, -0.05) is 23.7 Å². The predicted molar refractivity (Wildman–Crippen MR) is 83.5 cm³/mol. The van der Waals surface area contributed by atoms with E-state index in [0.717, 1.165) is 39.6 Å². The molecule has 3 rings (SSSR count). The summed E-state index contributed by atoms with van der Waals surface area (Å²) in [5.41, 5.74) is 8.38. The SMILES string of the molecule is COc1ccc2c(c1)cc(N)n2Cc1ccc(Cl)cc1. The molecule has 0 unspecified atom stereocenters. The van der Waals surface area contributed by atoms with Gasteiger partial charge in [-0.15, -0.1) is 0 Å². The Balaban J connectivity index is 2.02. The monoisotopic (exact) mass is 286 g/mol. The van der Waals surface area contributed by atoms with Gasteiger partial charge in [0.25, 0.3) is 0 Å². The Labute approximate surface area is 122 Å². The van der Waals surface area contributed by atoms with E-state index in [-0.39, 0.29) is 0 Å². The van der Waals surface area contributed by atoms with Gasteiger partial charge in [-0.05, 0) is 42.0 Å². The van der Waals surface area contributed by atoms with E-state index in [1.165, 1.54) is 0 Å². The number of nitrogens with two attached hydrogens (primary N) is 1. The molecule has 0 aliphatic rings. The van der Waals surface area contributed by atoms with Crippen LogP contribution in [0.1, 0.15) is 5.56 Å². The average molecular weight is 287 g/mol. The largest absolute Gasteiger partial charge is 0.497 e. The van der Waals surface area contributed by atoms with Crippen molar-refractivity contribution >= 4 is 28.3 Å². The van der Waals surface area contributed by atoms with E-state index in [1.54, 1.807) is 7.11 Å². The molecule has 0 atom stereocenters. The Morgan fingerprint density at radius 3 is 2.55 bits per heavy atom. The van der Waals surface area contributed by atoms with Crippen molar-refractivity contribution in [3.8, 4) is 5.75 Å². The number of hydrogen-bond acceptors (Lipinski definition) is 2. The number of ether oxygens (including phenoxy) is 1. The first-order chi connectivity index (χ1) is 9.67. The minimum absolute atomic E-state index is 0.721. The van der Waals surface area contributed by atoms with Crippen molar-refractivity contribution in [1.29, 1.82) is 0 Å². The van der Waals surface area contributed by atoms with Crippen LogP contribution < -0.4 is 10.5 Å². The molecule has 1 heterocycles. The number of benzene rings is 2. The molecule has 0 aliphatic heterocycles. The molecule has 20 heavy (non-hydrogen) atoms. The third-order valence-corrected chi connectivity index (χ3v) is 3.65. The Kier molecular flexibility index (Phi) is 3.28. The summed E-state index contributed by atoms with van der Waals surface area (Å²) < 4.78 is 7.32. The van der Waals surface area contributed by atoms with E-state index in [1.807, 2.05) is 48.5 Å². The van der Waals surface area contributed by atoms with Gasteiger partial charge in [0, 0.05) is 17.0 Å². The molecule has 0 aliphatic carbocycles. The Hall–Kier alpha value is -2.13. The van der Waals surface area contributed by atoms with Crippen molar-refractivity contribution in [3.63, 3.8) is 0 Å². The van der Waals surface area contributed by atoms with E-state index < -0.39 is 0 Å². The van der Waals surface area contributed by atoms with Crippen LogP contribution in [0.15, 0.2) is 48.5 Å². The normalized spacial score (nSPS) is 10.9. The van der Waals surface area contributed by atoms with Gasteiger partial charge in [0.1, 0.15) is 11.6 Å². The Morgan fingerprint density at radius 2 is 1.85 bits per heavy atom. The maximum absolute atomic E-state index is 6.12. The highest BCUT2D eigenvalue weighted by Gasteiger charge is 2.08. The van der Waals surface area contributed by atoms with Gasteiger partial charge in [0.15, 0.2) is 0 Å². The van der Waals surface area contributed by atoms with Crippen LogP contribution in [0.3, 0.4) is 0 Å². The highest BCUT2D eigenvalue weighted by molar-refractivity contribution is 6.30. The lowest BCUT2D eigenvalue weighted by Crippen LogP contribution is -2.03. The molecule has 0 bridgehead atoms. The van der Waals surface area contributed by atoms with Crippen molar-refractivity contribution in [2.75, 3.05) is 12.8 Å². The molecule has 0 spiro atoms. The van der Waals surface area contributed by atoms with Crippen LogP contribution in [-0.4, -0.2) is 11.7 Å². The molecule has 3 aromatic rings. The molecule has 4 heteroatoms. The first-order valence-electron chi connectivity index (χ1n) is 6.34. The molecule has 3 nitrogen and oxygen atoms in total. The lowest BCUT2D eigenvalue weighted by Gasteiger charge is -2.08. The fourth-order valence-corrected chi connectivity index (χ4v) is 2.47. The number of fused-ring (bicyclic) bond motifs is 1. The molecule has 1 aromatic heterocycles. The average Bonchev–Trinajstić information content (AvgIpc) is 2.76. The quantitative estimate of drug-likeness (QED) is 0.792. The first-order valence-corrected chi connectivity index (χ1v) is 6.72. The number of anilines is 1. The Morgan fingerprint density at radius 1 is 1.10 bits per heavy atom. The van der Waals surface area contributed by atoms with Gasteiger partial charge in [-0.25, -0.2) is 0 Å². The van der Waals surface area contributed by atoms with Crippen molar-refractivity contribution in [2.24, 2.45) is 0 Å². The van der Waals surface area contributed by atoms with Crippen LogP contribution in [-0.2, 0) is 6.54 Å². The standard InChI is InChI=1S/C16H15ClN2O/c1-20-14-6-7-15-12(8-14)9-16(18)19(15)10-11-2-4-13(17)5-3-11/h2-9H,10,18H2,1H3. The lowest BCUT2D eigenvalue weighted by molar-refractivity contribution is 0.415. The zero-order valence-electron chi connectivity index (χ0n) is 11.1. The third-order valence-electron chi connectivity index (χ3n) is 3.39. The first kappa shape index (κ1) is 12.9. The number of nitrogen functional groups attached to an aromatic ring is 1. The molecule has 0 radical (unpaired) electrons. The summed E-state index contributed by atoms with van der Waals surface area (Å²) >= 11 is 5.91. The van der Waals surface area contributed by atoms with E-state index in [0.29, 0.717) is 0 Å². The topological polar surface area (TPSA) is 40.2 Å². The molecule has 0 fully saturated rings. The van der Waals surface area contributed by atoms with Crippen LogP contribution in [0.2, 0.25) is 5.02 Å². The number of rotatable bonds is 3. The van der Waals surface area contributed by atoms with Crippen molar-refractivity contribution in [3.05, 3.63) is 59.1 Å². The third kappa shape index (κ3) is 2.32. The van der Waals surface area contributed by atoms with Gasteiger partial charge in [-0.3, -0.25) is 0 Å². The lowest BCUT2D eigenvalue weighted by atomic mass is 10.2. The summed E-state index contributed by atoms with van der Waals surface area (Å²) in [4.78, 5) is 0. The molecule has 0 amide bonds. The number of halogens is 1. The van der Waals surface area contributed by atoms with Crippen molar-refractivity contribution < 1.29 is 4.74 Å². The Bertz CT molecular complexity index is 747. The molecule has 2 N–H and O–H groups in total. The molecule has 0 saturated carbocycles. The summed E-state index contributed by atoms with van der Waals surface area (Å²) in [7, 11) is 1.66. The highest BCUT2D eigenvalue weighted by atomic mass is 35.5. The fraction of sp³-hybridized carbons (Fsp3) is 0.125. The molecular weight excluding hydrogens is 272 g/mol. The van der Waals surface area contributed by atoms with E-state index in [2.05, 4.69) is 4.57 Å². The molecule has 102 valence electrons. The molecule has 2 aromatic carbocycles. The number of methoxy groups -OCH3 is 1. The smallest absolute Gasteiger partial charge is 0.119 e. The second-order valence-corrected chi connectivity index (χ2v) is 5.14. The highest BCUT2D eigenvalue weighted by Crippen LogP contribution is 2.26. The van der Waals surface area contributed by atoms with E-state index >= 15 is 0 Å². The van der Waals surface area contributed by atoms with Crippen LogP contribution >= 0.6 is 11.6 Å². The van der Waals surface area contributed by atoms with Crippen LogP contribution in [0.4, 0.5) is 5.82 Å². The van der Waals surface area contributed by atoms with Crippen LogP contribution in [0.25, 0.3) is 10.9 Å². The van der Waals surface area contributed by atoms with Crippen molar-refractivity contribution in [2.45, 2.75) is 6.54 Å². The number of nitrogens with zero attached hydrogens (tertiary/aromatic N) is 1. The summed E-state index contributed by atoms with van der Waals surface area (Å²) in [6.45, 7) is 0.721. The summed E-state index contributed by atoms with van der Waals surface area (Å²) in [5, 5.41) is 1.82. The fourth-order valence-electron chi connectivity index (χ4n) is 2.35. The number of hydrogen-bond donors (Lipinski definition) is 1. The summed E-state index contributed by atoms with van der Waals surface area (Å²) in [6, 6.07) is 15.7. The van der Waals surface area contributed by atoms with Crippen LogP contribution in [0, 0.1) is 0 Å². The number of aromatic nitrogens is 1. The van der Waals surface area contributed by atoms with Gasteiger partial charge < -0.3 is 15.0 Å². The maximum atomic E-state index is 6.12. The minimum Gasteiger partial charge on any atom is -0.497 e. The zero-order chi connectivity index (χ0) is 14.1. The predicted octanol–water partition coefficient (Wildman–Crippen LogP) is 3.93. The van der Waals surface area contributed by atoms with Gasteiger partial charge in [0.2, 0.25) is 0 Å². The van der Waals surface area contributed by atoms with Gasteiger partial charge in [0.05, 0.1) is 12.6 Å². The summed E-state index contributed by atoms with van der Waals surface area (Å²) in [6.07, 6.45) is 0. The summed E-state index contributed by atoms with van der Waals surface area (Å²) in [5.74, 6) is 1.57. The minimum atomic E-state index is 0.721. The van der Waals surface area contributed by atoms with Crippen LogP contribution in [0.5, 0.6) is 5.75 Å². The van der Waals surface area contributed by atoms with E-state index in [9.17, 15) is 0 Å². The maximum Gasteiger partial charge on any atom is 0.119 e. The second kappa shape index (κ2) is 5.10. The molecular formula is C16H15ClN2O. The zero-order valence-corrected chi connectivity index (χ0v) is 11.9. The van der Waals surface area contributed by atoms with Crippen molar-refractivity contribution in [1.82, 2.24) is 4.57 Å². The van der Waals surface area contributed by atoms with E-state index in [4.69, 9.17) is 22.1 Å². The van der Waals surface area contributed by atoms with Gasteiger partial charge >= 0.3 is 0 Å². The van der Waals surface area contributed by atoms with Gasteiger partial charge in [-0.2, -0.15) is 0 Å².